The third kappa shape index (κ3) is 4.92. The Morgan fingerprint density at radius 2 is 1.90 bits per heavy atom. The molecule has 0 unspecified atom stereocenters. The van der Waals surface area contributed by atoms with Crippen molar-refractivity contribution in [2.45, 2.75) is 13.0 Å². The lowest BCUT2D eigenvalue weighted by molar-refractivity contribution is 0.300. The van der Waals surface area contributed by atoms with Gasteiger partial charge in [-0.25, -0.2) is 4.39 Å². The molecule has 3 N–H and O–H groups in total. The highest BCUT2D eigenvalue weighted by molar-refractivity contribution is 6.30. The SMILES string of the molecule is NCCCNc1ccc(OCc2ccc(Cl)cc2F)cc1. The zero-order valence-electron chi connectivity index (χ0n) is 11.6. The van der Waals surface area contributed by atoms with Crippen LogP contribution in [0.15, 0.2) is 42.5 Å². The molecule has 2 aromatic rings. The van der Waals surface area contributed by atoms with Crippen LogP contribution in [-0.4, -0.2) is 13.1 Å². The summed E-state index contributed by atoms with van der Waals surface area (Å²) in [7, 11) is 0. The molecule has 0 spiro atoms. The summed E-state index contributed by atoms with van der Waals surface area (Å²) in [5.41, 5.74) is 6.92. The van der Waals surface area contributed by atoms with Crippen molar-refractivity contribution in [2.75, 3.05) is 18.4 Å². The Morgan fingerprint density at radius 1 is 1.14 bits per heavy atom. The zero-order valence-corrected chi connectivity index (χ0v) is 12.4. The maximum absolute atomic E-state index is 13.6. The molecule has 112 valence electrons. The molecule has 0 aromatic heterocycles. The number of benzene rings is 2. The second-order valence-electron chi connectivity index (χ2n) is 4.62. The van der Waals surface area contributed by atoms with Gasteiger partial charge in [0.05, 0.1) is 0 Å². The van der Waals surface area contributed by atoms with Crippen molar-refractivity contribution >= 4 is 17.3 Å². The summed E-state index contributed by atoms with van der Waals surface area (Å²) >= 11 is 5.71. The predicted octanol–water partition coefficient (Wildman–Crippen LogP) is 3.82. The maximum atomic E-state index is 13.6. The van der Waals surface area contributed by atoms with Crippen molar-refractivity contribution in [1.82, 2.24) is 0 Å². The summed E-state index contributed by atoms with van der Waals surface area (Å²) in [6.07, 6.45) is 0.925. The van der Waals surface area contributed by atoms with E-state index < -0.39 is 0 Å². The highest BCUT2D eigenvalue weighted by atomic mass is 35.5. The van der Waals surface area contributed by atoms with E-state index in [4.69, 9.17) is 22.1 Å². The van der Waals surface area contributed by atoms with E-state index in [1.54, 1.807) is 12.1 Å². The number of ether oxygens (including phenoxy) is 1. The quantitative estimate of drug-likeness (QED) is 0.764. The number of rotatable bonds is 7. The molecule has 0 radical (unpaired) electrons. The van der Waals surface area contributed by atoms with E-state index in [0.717, 1.165) is 18.7 Å². The van der Waals surface area contributed by atoms with Gasteiger partial charge in [0.1, 0.15) is 18.2 Å². The molecule has 0 bridgehead atoms. The minimum Gasteiger partial charge on any atom is -0.489 e. The first kappa shape index (κ1) is 15.6. The van der Waals surface area contributed by atoms with Gasteiger partial charge in [-0.15, -0.1) is 0 Å². The molecule has 0 amide bonds. The van der Waals surface area contributed by atoms with Crippen molar-refractivity contribution < 1.29 is 9.13 Å². The van der Waals surface area contributed by atoms with Gasteiger partial charge in [-0.2, -0.15) is 0 Å². The fourth-order valence-corrected chi connectivity index (χ4v) is 1.96. The molecule has 0 atom stereocenters. The second-order valence-corrected chi connectivity index (χ2v) is 5.05. The average molecular weight is 309 g/mol. The summed E-state index contributed by atoms with van der Waals surface area (Å²) < 4.78 is 19.2. The summed E-state index contributed by atoms with van der Waals surface area (Å²) in [6, 6.07) is 12.1. The van der Waals surface area contributed by atoms with Gasteiger partial charge in [-0.1, -0.05) is 17.7 Å². The molecule has 3 nitrogen and oxygen atoms in total. The molecule has 0 saturated heterocycles. The smallest absolute Gasteiger partial charge is 0.131 e. The lowest BCUT2D eigenvalue weighted by Crippen LogP contribution is -2.08. The summed E-state index contributed by atoms with van der Waals surface area (Å²) in [4.78, 5) is 0. The molecule has 0 aliphatic rings. The van der Waals surface area contributed by atoms with Crippen molar-refractivity contribution in [3.63, 3.8) is 0 Å². The largest absolute Gasteiger partial charge is 0.489 e. The van der Waals surface area contributed by atoms with Gasteiger partial charge >= 0.3 is 0 Å². The highest BCUT2D eigenvalue weighted by Crippen LogP contribution is 2.19. The van der Waals surface area contributed by atoms with Gasteiger partial charge in [-0.05, 0) is 49.4 Å². The van der Waals surface area contributed by atoms with Crippen LogP contribution in [0.2, 0.25) is 5.02 Å². The van der Waals surface area contributed by atoms with Crippen LogP contribution in [0.5, 0.6) is 5.75 Å². The van der Waals surface area contributed by atoms with Gasteiger partial charge in [0.2, 0.25) is 0 Å². The van der Waals surface area contributed by atoms with Crippen molar-refractivity contribution in [3.05, 3.63) is 58.9 Å². The number of nitrogens with two attached hydrogens (primary N) is 1. The third-order valence-corrected chi connectivity index (χ3v) is 3.21. The Bertz CT molecular complexity index is 575. The number of nitrogens with one attached hydrogen (secondary N) is 1. The van der Waals surface area contributed by atoms with E-state index in [1.165, 1.54) is 6.07 Å². The van der Waals surface area contributed by atoms with E-state index >= 15 is 0 Å². The molecular weight excluding hydrogens is 291 g/mol. The summed E-state index contributed by atoms with van der Waals surface area (Å²) in [5.74, 6) is 0.330. The van der Waals surface area contributed by atoms with E-state index in [0.29, 0.717) is 22.9 Å². The first-order valence-electron chi connectivity index (χ1n) is 6.80. The number of hydrogen-bond acceptors (Lipinski definition) is 3. The fraction of sp³-hybridized carbons (Fsp3) is 0.250. The van der Waals surface area contributed by atoms with Crippen LogP contribution in [0.4, 0.5) is 10.1 Å². The Hall–Kier alpha value is -1.78. The number of halogens is 2. The summed E-state index contributed by atoms with van der Waals surface area (Å²) in [6.45, 7) is 1.68. The van der Waals surface area contributed by atoms with Crippen LogP contribution in [0.25, 0.3) is 0 Å². The zero-order chi connectivity index (χ0) is 15.1. The minimum absolute atomic E-state index is 0.170. The molecule has 0 heterocycles. The van der Waals surface area contributed by atoms with Gasteiger partial charge in [0.25, 0.3) is 0 Å². The van der Waals surface area contributed by atoms with Crippen LogP contribution >= 0.6 is 11.6 Å². The third-order valence-electron chi connectivity index (χ3n) is 2.97. The number of hydrogen-bond donors (Lipinski definition) is 2. The lowest BCUT2D eigenvalue weighted by Gasteiger charge is -2.09. The monoisotopic (exact) mass is 308 g/mol. The molecular formula is C16H18ClFN2O. The van der Waals surface area contributed by atoms with E-state index in [-0.39, 0.29) is 12.4 Å². The molecule has 0 fully saturated rings. The van der Waals surface area contributed by atoms with Gasteiger partial charge < -0.3 is 15.8 Å². The second kappa shape index (κ2) is 7.86. The van der Waals surface area contributed by atoms with Gasteiger partial charge in [-0.3, -0.25) is 0 Å². The fourth-order valence-electron chi connectivity index (χ4n) is 1.80. The molecule has 0 aliphatic carbocycles. The molecule has 2 rings (SSSR count). The number of anilines is 1. The molecule has 21 heavy (non-hydrogen) atoms. The van der Waals surface area contributed by atoms with Crippen molar-refractivity contribution in [3.8, 4) is 5.75 Å². The standard InChI is InChI=1S/C16H18ClFN2O/c17-13-3-2-12(16(18)10-13)11-21-15-6-4-14(5-7-15)20-9-1-8-19/h2-7,10,20H,1,8-9,11,19H2. The van der Waals surface area contributed by atoms with Gasteiger partial charge in [0, 0.05) is 22.8 Å². The van der Waals surface area contributed by atoms with E-state index in [2.05, 4.69) is 5.32 Å². The van der Waals surface area contributed by atoms with Crippen LogP contribution < -0.4 is 15.8 Å². The summed E-state index contributed by atoms with van der Waals surface area (Å²) in [5, 5.41) is 3.63. The Balaban J connectivity index is 1.88. The van der Waals surface area contributed by atoms with Crippen molar-refractivity contribution in [1.29, 1.82) is 0 Å². The Labute approximate surface area is 128 Å². The molecule has 5 heteroatoms. The topological polar surface area (TPSA) is 47.3 Å². The van der Waals surface area contributed by atoms with Crippen LogP contribution in [-0.2, 0) is 6.61 Å². The van der Waals surface area contributed by atoms with Crippen LogP contribution in [0, 0.1) is 5.82 Å². The van der Waals surface area contributed by atoms with Crippen LogP contribution in [0.3, 0.4) is 0 Å². The predicted molar refractivity (Wildman–Crippen MR) is 84.3 cm³/mol. The normalized spacial score (nSPS) is 10.4. The average Bonchev–Trinajstić information content (AvgIpc) is 2.48. The molecule has 0 saturated carbocycles. The Morgan fingerprint density at radius 3 is 2.57 bits per heavy atom. The highest BCUT2D eigenvalue weighted by Gasteiger charge is 2.04. The minimum atomic E-state index is -0.359. The van der Waals surface area contributed by atoms with Crippen molar-refractivity contribution in [2.24, 2.45) is 5.73 Å². The van der Waals surface area contributed by atoms with E-state index in [9.17, 15) is 4.39 Å². The Kier molecular flexibility index (Phi) is 5.84. The lowest BCUT2D eigenvalue weighted by atomic mass is 10.2. The van der Waals surface area contributed by atoms with E-state index in [1.807, 2.05) is 24.3 Å². The first-order valence-corrected chi connectivity index (χ1v) is 7.17. The molecule has 2 aromatic carbocycles. The van der Waals surface area contributed by atoms with Crippen LogP contribution in [0.1, 0.15) is 12.0 Å². The maximum Gasteiger partial charge on any atom is 0.131 e. The van der Waals surface area contributed by atoms with Gasteiger partial charge in [0.15, 0.2) is 0 Å². The molecule has 0 aliphatic heterocycles. The first-order chi connectivity index (χ1) is 10.2.